The Balaban J connectivity index is 1.39. The average molecular weight is 551 g/mol. The van der Waals surface area contributed by atoms with Gasteiger partial charge in [0.1, 0.15) is 30.5 Å². The highest BCUT2D eigenvalue weighted by atomic mass is 16.6. The summed E-state index contributed by atoms with van der Waals surface area (Å²) in [4.78, 5) is 0. The van der Waals surface area contributed by atoms with Crippen LogP contribution in [0, 0.1) is 0 Å². The molecule has 1 aliphatic rings. The number of ether oxygens (including phenoxy) is 5. The molecule has 1 heterocycles. The molecule has 1 saturated heterocycles. The van der Waals surface area contributed by atoms with Crippen molar-refractivity contribution in [2.24, 2.45) is 0 Å². The highest BCUT2D eigenvalue weighted by Crippen LogP contribution is 2.31. The third kappa shape index (κ3) is 8.46. The van der Waals surface area contributed by atoms with Crippen molar-refractivity contribution < 1.29 is 23.7 Å². The van der Waals surface area contributed by atoms with Gasteiger partial charge in [-0.1, -0.05) is 127 Å². The number of benzene rings is 4. The number of hydrogen-bond donors (Lipinski definition) is 0. The van der Waals surface area contributed by atoms with E-state index in [0.717, 1.165) is 22.3 Å². The second-order valence-corrected chi connectivity index (χ2v) is 10.2. The molecule has 0 aromatic heterocycles. The zero-order valence-corrected chi connectivity index (χ0v) is 23.3. The van der Waals surface area contributed by atoms with Gasteiger partial charge in [-0.25, -0.2) is 0 Å². The van der Waals surface area contributed by atoms with E-state index in [2.05, 4.69) is 55.1 Å². The minimum atomic E-state index is -0.438. The highest BCUT2D eigenvalue weighted by Gasteiger charge is 2.47. The molecule has 0 saturated carbocycles. The molecular weight excluding hydrogens is 512 g/mol. The molecule has 0 amide bonds. The van der Waals surface area contributed by atoms with Gasteiger partial charge >= 0.3 is 0 Å². The summed E-state index contributed by atoms with van der Waals surface area (Å²) in [5, 5.41) is 0. The van der Waals surface area contributed by atoms with E-state index in [9.17, 15) is 0 Å². The first-order valence-electron chi connectivity index (χ1n) is 14.2. The second-order valence-electron chi connectivity index (χ2n) is 10.2. The van der Waals surface area contributed by atoms with Crippen LogP contribution < -0.4 is 0 Å². The van der Waals surface area contributed by atoms with Crippen molar-refractivity contribution >= 4 is 0 Å². The van der Waals surface area contributed by atoms with Gasteiger partial charge in [0.15, 0.2) is 0 Å². The van der Waals surface area contributed by atoms with E-state index in [-0.39, 0.29) is 6.10 Å². The first kappa shape index (κ1) is 28.9. The van der Waals surface area contributed by atoms with Crippen LogP contribution in [0.1, 0.15) is 22.3 Å². The molecule has 0 bridgehead atoms. The normalized spacial score (nSPS) is 22.3. The quantitative estimate of drug-likeness (QED) is 0.160. The summed E-state index contributed by atoms with van der Waals surface area (Å²) in [5.74, 6) is 0. The zero-order valence-electron chi connectivity index (χ0n) is 23.3. The van der Waals surface area contributed by atoms with Crippen LogP contribution in [0.4, 0.5) is 0 Å². The maximum atomic E-state index is 6.66. The van der Waals surface area contributed by atoms with Crippen LogP contribution in [0.5, 0.6) is 0 Å². The molecule has 4 aromatic rings. The van der Waals surface area contributed by atoms with E-state index >= 15 is 0 Å². The van der Waals surface area contributed by atoms with E-state index in [4.69, 9.17) is 23.7 Å². The van der Waals surface area contributed by atoms with Crippen molar-refractivity contribution in [1.82, 2.24) is 0 Å². The largest absolute Gasteiger partial charge is 0.374 e. The van der Waals surface area contributed by atoms with E-state index in [1.165, 1.54) is 0 Å². The van der Waals surface area contributed by atoms with Crippen molar-refractivity contribution in [3.63, 3.8) is 0 Å². The lowest BCUT2D eigenvalue weighted by Gasteiger charge is -2.45. The van der Waals surface area contributed by atoms with Crippen LogP contribution in [-0.2, 0) is 50.1 Å². The van der Waals surface area contributed by atoms with Crippen LogP contribution in [0.2, 0.25) is 0 Å². The van der Waals surface area contributed by atoms with Gasteiger partial charge in [0.25, 0.3) is 0 Å². The van der Waals surface area contributed by atoms with Crippen LogP contribution in [0.3, 0.4) is 0 Å². The van der Waals surface area contributed by atoms with Gasteiger partial charge < -0.3 is 23.7 Å². The van der Waals surface area contributed by atoms with E-state index < -0.39 is 24.4 Å². The van der Waals surface area contributed by atoms with Crippen LogP contribution in [0.15, 0.2) is 134 Å². The zero-order chi connectivity index (χ0) is 28.1. The molecule has 212 valence electrons. The molecular formula is C36H38O5. The highest BCUT2D eigenvalue weighted by molar-refractivity contribution is 5.17. The minimum absolute atomic E-state index is 0.343. The molecule has 0 radical (unpaired) electrons. The summed E-state index contributed by atoms with van der Waals surface area (Å²) in [6, 6.07) is 40.5. The Morgan fingerprint density at radius 3 is 1.34 bits per heavy atom. The fourth-order valence-electron chi connectivity index (χ4n) is 5.01. The maximum Gasteiger partial charge on any atom is 0.116 e. The average Bonchev–Trinajstić information content (AvgIpc) is 3.04. The first-order chi connectivity index (χ1) is 20.3. The number of rotatable bonds is 14. The molecule has 0 spiro atoms. The Morgan fingerprint density at radius 1 is 0.512 bits per heavy atom. The SMILES string of the molecule is C=C[C@H]1O[C@H](COCc2ccccc2)[C@H](OCc2ccccc2)[C@H](OCc2ccccc2)[C@H]1OCc1ccccc1. The lowest BCUT2D eigenvalue weighted by molar-refractivity contribution is -0.263. The Morgan fingerprint density at radius 2 is 0.902 bits per heavy atom. The standard InChI is InChI=1S/C36H38O5/c1-2-32-34(38-24-29-17-9-4-10-18-29)36(40-26-31-21-13-6-14-22-31)35(39-25-30-19-11-5-12-20-30)33(41-32)27-37-23-28-15-7-3-8-16-28/h2-22,32-36H,1,23-27H2/t32-,33-,34+,35+,36-/m1/s1. The Kier molecular flexibility index (Phi) is 10.9. The Labute approximate surface area is 243 Å². The summed E-state index contributed by atoms with van der Waals surface area (Å²) < 4.78 is 32.6. The fourth-order valence-corrected chi connectivity index (χ4v) is 5.01. The number of hydrogen-bond acceptors (Lipinski definition) is 5. The summed E-state index contributed by atoms with van der Waals surface area (Å²) in [6.45, 7) is 6.16. The van der Waals surface area contributed by atoms with Gasteiger partial charge in [-0.3, -0.25) is 0 Å². The van der Waals surface area contributed by atoms with Crippen molar-refractivity contribution in [1.29, 1.82) is 0 Å². The molecule has 5 heteroatoms. The van der Waals surface area contributed by atoms with Crippen LogP contribution >= 0.6 is 0 Å². The van der Waals surface area contributed by atoms with Gasteiger partial charge in [-0.05, 0) is 22.3 Å². The van der Waals surface area contributed by atoms with Crippen LogP contribution in [0.25, 0.3) is 0 Å². The predicted octanol–water partition coefficient (Wildman–Crippen LogP) is 6.91. The third-order valence-electron chi connectivity index (χ3n) is 7.15. The monoisotopic (exact) mass is 550 g/mol. The van der Waals surface area contributed by atoms with E-state index in [1.54, 1.807) is 6.08 Å². The van der Waals surface area contributed by atoms with Crippen molar-refractivity contribution in [3.05, 3.63) is 156 Å². The van der Waals surface area contributed by atoms with Crippen molar-refractivity contribution in [2.75, 3.05) is 6.61 Å². The minimum Gasteiger partial charge on any atom is -0.374 e. The molecule has 4 aromatic carbocycles. The van der Waals surface area contributed by atoms with Gasteiger partial charge in [0, 0.05) is 0 Å². The lowest BCUT2D eigenvalue weighted by Crippen LogP contribution is -2.60. The molecule has 1 aliphatic heterocycles. The van der Waals surface area contributed by atoms with E-state index in [0.29, 0.717) is 33.0 Å². The van der Waals surface area contributed by atoms with Crippen LogP contribution in [-0.4, -0.2) is 37.1 Å². The van der Waals surface area contributed by atoms with Crippen molar-refractivity contribution in [3.8, 4) is 0 Å². The molecule has 5 atom stereocenters. The first-order valence-corrected chi connectivity index (χ1v) is 14.2. The molecule has 0 N–H and O–H groups in total. The summed E-state index contributed by atoms with van der Waals surface area (Å²) in [6.07, 6.45) is -0.283. The van der Waals surface area contributed by atoms with Crippen molar-refractivity contribution in [2.45, 2.75) is 56.9 Å². The Hall–Kier alpha value is -3.58. The molecule has 1 fully saturated rings. The molecule has 0 aliphatic carbocycles. The molecule has 0 unspecified atom stereocenters. The predicted molar refractivity (Wildman–Crippen MR) is 160 cm³/mol. The topological polar surface area (TPSA) is 46.2 Å². The summed E-state index contributed by atoms with van der Waals surface area (Å²) in [7, 11) is 0. The molecule has 5 nitrogen and oxygen atoms in total. The maximum absolute atomic E-state index is 6.66. The summed E-state index contributed by atoms with van der Waals surface area (Å²) >= 11 is 0. The van der Waals surface area contributed by atoms with Gasteiger partial charge in [-0.15, -0.1) is 6.58 Å². The van der Waals surface area contributed by atoms with E-state index in [1.807, 2.05) is 72.8 Å². The van der Waals surface area contributed by atoms with Gasteiger partial charge in [0.2, 0.25) is 0 Å². The lowest BCUT2D eigenvalue weighted by atomic mass is 9.94. The second kappa shape index (κ2) is 15.4. The third-order valence-corrected chi connectivity index (χ3v) is 7.15. The smallest absolute Gasteiger partial charge is 0.116 e. The molecule has 5 rings (SSSR count). The fraction of sp³-hybridized carbons (Fsp3) is 0.278. The Bertz CT molecular complexity index is 1280. The summed E-state index contributed by atoms with van der Waals surface area (Å²) in [5.41, 5.74) is 4.33. The molecule has 41 heavy (non-hydrogen) atoms. The van der Waals surface area contributed by atoms with Gasteiger partial charge in [-0.2, -0.15) is 0 Å². The van der Waals surface area contributed by atoms with Gasteiger partial charge in [0.05, 0.1) is 33.0 Å².